The van der Waals surface area contributed by atoms with E-state index in [0.717, 1.165) is 6.07 Å². The van der Waals surface area contributed by atoms with Crippen molar-refractivity contribution in [2.75, 3.05) is 0 Å². The third-order valence-electron chi connectivity index (χ3n) is 1.91. The molecule has 0 fully saturated rings. The molecule has 1 nitrogen and oxygen atoms in total. The van der Waals surface area contributed by atoms with E-state index in [1.54, 1.807) is 6.92 Å². The van der Waals surface area contributed by atoms with Gasteiger partial charge in [0.15, 0.2) is 5.78 Å². The lowest BCUT2D eigenvalue weighted by Gasteiger charge is -2.07. The Hall–Kier alpha value is -0.960. The first-order valence-electron chi connectivity index (χ1n) is 4.02. The number of carbonyl (C=O) groups excluding carboxylic acids is 1. The Balaban J connectivity index is 3.35. The Bertz CT molecular complexity index is 375. The third-order valence-corrected chi connectivity index (χ3v) is 2.41. The fourth-order valence-corrected chi connectivity index (χ4v) is 1.42. The normalized spacial score (nSPS) is 10.7. The summed E-state index contributed by atoms with van der Waals surface area (Å²) in [6, 6.07) is 2.43. The molecule has 0 radical (unpaired) electrons. The number of alkyl halides is 2. The van der Waals surface area contributed by atoms with Crippen molar-refractivity contribution in [1.29, 1.82) is 0 Å². The highest BCUT2D eigenvalue weighted by Crippen LogP contribution is 2.28. The molecule has 0 bridgehead atoms. The van der Waals surface area contributed by atoms with Gasteiger partial charge in [-0.25, -0.2) is 8.78 Å². The molecule has 0 N–H and O–H groups in total. The minimum Gasteiger partial charge on any atom is -0.294 e. The second-order valence-corrected chi connectivity index (χ2v) is 3.43. The van der Waals surface area contributed by atoms with Crippen molar-refractivity contribution in [2.45, 2.75) is 20.3 Å². The van der Waals surface area contributed by atoms with Gasteiger partial charge in [0.05, 0.1) is 5.02 Å². The summed E-state index contributed by atoms with van der Waals surface area (Å²) in [5.74, 6) is -0.305. The summed E-state index contributed by atoms with van der Waals surface area (Å²) in [7, 11) is 0. The second kappa shape index (κ2) is 4.05. The van der Waals surface area contributed by atoms with Gasteiger partial charge in [-0.1, -0.05) is 11.6 Å². The fraction of sp³-hybridized carbons (Fsp3) is 0.300. The maximum absolute atomic E-state index is 12.4. The number of benzene rings is 1. The number of Topliss-reactive ketones (excluding diaryl/α,β-unsaturated/α-hetero) is 1. The fourth-order valence-electron chi connectivity index (χ4n) is 1.18. The Morgan fingerprint density at radius 2 is 2.00 bits per heavy atom. The van der Waals surface area contributed by atoms with Crippen LogP contribution in [0.5, 0.6) is 0 Å². The molecule has 0 aromatic heterocycles. The van der Waals surface area contributed by atoms with Crippen LogP contribution in [-0.2, 0) is 0 Å². The molecule has 0 unspecified atom stereocenters. The van der Waals surface area contributed by atoms with Crippen molar-refractivity contribution < 1.29 is 13.6 Å². The van der Waals surface area contributed by atoms with Gasteiger partial charge in [-0.2, -0.15) is 0 Å². The topological polar surface area (TPSA) is 17.1 Å². The van der Waals surface area contributed by atoms with Gasteiger partial charge in [0.25, 0.3) is 6.43 Å². The molecule has 0 aliphatic heterocycles. The lowest BCUT2D eigenvalue weighted by molar-refractivity contribution is 0.101. The van der Waals surface area contributed by atoms with Crippen molar-refractivity contribution in [3.05, 3.63) is 33.8 Å². The van der Waals surface area contributed by atoms with E-state index < -0.39 is 6.43 Å². The summed E-state index contributed by atoms with van der Waals surface area (Å²) in [6.45, 7) is 2.90. The number of rotatable bonds is 2. The first-order chi connectivity index (χ1) is 6.43. The summed E-state index contributed by atoms with van der Waals surface area (Å²) >= 11 is 5.80. The standard InChI is InChI=1S/C10H9ClF2O/c1-5-3-7(10(12)13)4-8(6(2)14)9(5)11/h3-4,10H,1-2H3. The van der Waals surface area contributed by atoms with Gasteiger partial charge in [-0.05, 0) is 31.5 Å². The van der Waals surface area contributed by atoms with Crippen molar-refractivity contribution in [1.82, 2.24) is 0 Å². The molecule has 1 aromatic rings. The van der Waals surface area contributed by atoms with E-state index in [0.29, 0.717) is 5.56 Å². The Labute approximate surface area is 85.7 Å². The average molecular weight is 219 g/mol. The van der Waals surface area contributed by atoms with Gasteiger partial charge >= 0.3 is 0 Å². The summed E-state index contributed by atoms with van der Waals surface area (Å²) in [6.07, 6.45) is -2.58. The second-order valence-electron chi connectivity index (χ2n) is 3.06. The van der Waals surface area contributed by atoms with Gasteiger partial charge in [0.2, 0.25) is 0 Å². The first-order valence-corrected chi connectivity index (χ1v) is 4.40. The number of hydrogen-bond acceptors (Lipinski definition) is 1. The molecule has 1 rings (SSSR count). The van der Waals surface area contributed by atoms with Crippen LogP contribution in [0.4, 0.5) is 8.78 Å². The summed E-state index contributed by atoms with van der Waals surface area (Å²) in [5.41, 5.74) is 0.480. The van der Waals surface area contributed by atoms with E-state index in [2.05, 4.69) is 0 Å². The van der Waals surface area contributed by atoms with E-state index in [9.17, 15) is 13.6 Å². The number of carbonyl (C=O) groups is 1. The highest BCUT2D eigenvalue weighted by Gasteiger charge is 2.14. The zero-order chi connectivity index (χ0) is 10.9. The lowest BCUT2D eigenvalue weighted by atomic mass is 10.0. The molecule has 0 spiro atoms. The van der Waals surface area contributed by atoms with Gasteiger partial charge in [-0.15, -0.1) is 0 Å². The Morgan fingerprint density at radius 1 is 1.43 bits per heavy atom. The molecule has 0 heterocycles. The molecule has 76 valence electrons. The maximum Gasteiger partial charge on any atom is 0.263 e. The molecule has 4 heteroatoms. The number of hydrogen-bond donors (Lipinski definition) is 0. The van der Waals surface area contributed by atoms with E-state index in [1.807, 2.05) is 0 Å². The predicted octanol–water partition coefficient (Wildman–Crippen LogP) is 3.79. The van der Waals surface area contributed by atoms with Crippen LogP contribution < -0.4 is 0 Å². The van der Waals surface area contributed by atoms with E-state index >= 15 is 0 Å². The van der Waals surface area contributed by atoms with E-state index in [4.69, 9.17) is 11.6 Å². The van der Waals surface area contributed by atoms with Gasteiger partial charge in [0, 0.05) is 11.1 Å². The Morgan fingerprint density at radius 3 is 2.43 bits per heavy atom. The minimum atomic E-state index is -2.58. The molecule has 0 amide bonds. The van der Waals surface area contributed by atoms with Gasteiger partial charge < -0.3 is 0 Å². The maximum atomic E-state index is 12.4. The zero-order valence-electron chi connectivity index (χ0n) is 7.77. The van der Waals surface area contributed by atoms with Crippen LogP contribution >= 0.6 is 11.6 Å². The molecule has 1 aromatic carbocycles. The molecular formula is C10H9ClF2O. The van der Waals surface area contributed by atoms with Crippen molar-refractivity contribution in [2.24, 2.45) is 0 Å². The van der Waals surface area contributed by atoms with Crippen LogP contribution in [0.25, 0.3) is 0 Å². The molecule has 0 saturated carbocycles. The number of halogens is 3. The van der Waals surface area contributed by atoms with Crippen molar-refractivity contribution in [3.8, 4) is 0 Å². The molecule has 0 atom stereocenters. The minimum absolute atomic E-state index is 0.155. The van der Waals surface area contributed by atoms with Gasteiger partial charge in [0.1, 0.15) is 0 Å². The monoisotopic (exact) mass is 218 g/mol. The Kier molecular flexibility index (Phi) is 3.21. The zero-order valence-corrected chi connectivity index (χ0v) is 8.53. The highest BCUT2D eigenvalue weighted by atomic mass is 35.5. The average Bonchev–Trinajstić information content (AvgIpc) is 2.08. The molecule has 0 saturated heterocycles. The van der Waals surface area contributed by atoms with Crippen LogP contribution in [0, 0.1) is 6.92 Å². The van der Waals surface area contributed by atoms with Crippen LogP contribution in [0.2, 0.25) is 5.02 Å². The van der Waals surface area contributed by atoms with E-state index in [1.165, 1.54) is 13.0 Å². The van der Waals surface area contributed by atoms with E-state index in [-0.39, 0.29) is 21.9 Å². The largest absolute Gasteiger partial charge is 0.294 e. The summed E-state index contributed by atoms with van der Waals surface area (Å²) in [4.78, 5) is 11.1. The van der Waals surface area contributed by atoms with Crippen molar-refractivity contribution in [3.63, 3.8) is 0 Å². The number of aryl methyl sites for hydroxylation is 1. The third kappa shape index (κ3) is 2.10. The van der Waals surface area contributed by atoms with Crippen LogP contribution in [0.3, 0.4) is 0 Å². The molecular weight excluding hydrogens is 210 g/mol. The van der Waals surface area contributed by atoms with Crippen molar-refractivity contribution >= 4 is 17.4 Å². The van der Waals surface area contributed by atoms with Gasteiger partial charge in [-0.3, -0.25) is 4.79 Å². The first kappa shape index (κ1) is 11.1. The highest BCUT2D eigenvalue weighted by molar-refractivity contribution is 6.34. The summed E-state index contributed by atoms with van der Waals surface area (Å²) in [5, 5.41) is 0.252. The van der Waals surface area contributed by atoms with Crippen LogP contribution in [0.1, 0.15) is 34.8 Å². The molecule has 14 heavy (non-hydrogen) atoms. The van der Waals surface area contributed by atoms with Crippen LogP contribution in [0.15, 0.2) is 12.1 Å². The smallest absolute Gasteiger partial charge is 0.263 e. The van der Waals surface area contributed by atoms with Crippen LogP contribution in [-0.4, -0.2) is 5.78 Å². The predicted molar refractivity (Wildman–Crippen MR) is 51.2 cm³/mol. The quantitative estimate of drug-likeness (QED) is 0.691. The summed E-state index contributed by atoms with van der Waals surface area (Å²) < 4.78 is 24.7. The molecule has 0 aliphatic rings. The lowest BCUT2D eigenvalue weighted by Crippen LogP contribution is -1.98. The SMILES string of the molecule is CC(=O)c1cc(C(F)F)cc(C)c1Cl. The number of ketones is 1. The molecule has 0 aliphatic carbocycles.